The van der Waals surface area contributed by atoms with Crippen LogP contribution in [0.15, 0.2) is 0 Å². The molecule has 0 saturated heterocycles. The van der Waals surface area contributed by atoms with E-state index in [0.717, 1.165) is 0 Å². The van der Waals surface area contributed by atoms with Crippen LogP contribution in [0.5, 0.6) is 0 Å². The Labute approximate surface area is 96.7 Å². The first kappa shape index (κ1) is 22.6. The van der Waals surface area contributed by atoms with Crippen LogP contribution in [-0.4, -0.2) is 22.2 Å². The summed E-state index contributed by atoms with van der Waals surface area (Å²) in [7, 11) is 0. The van der Waals surface area contributed by atoms with Gasteiger partial charge in [-0.1, -0.05) is 0 Å². The molecule has 0 bridgehead atoms. The number of aliphatic carboxylic acids is 2. The van der Waals surface area contributed by atoms with Crippen molar-refractivity contribution in [3.05, 3.63) is 10.1 Å². The van der Waals surface area contributed by atoms with Gasteiger partial charge in [0.25, 0.3) is 5.09 Å². The number of rotatable bonds is 0. The van der Waals surface area contributed by atoms with Crippen molar-refractivity contribution in [2.24, 2.45) is 0 Å². The zero-order chi connectivity index (χ0) is 8.73. The van der Waals surface area contributed by atoms with Crippen LogP contribution in [-0.2, 0) is 54.3 Å². The van der Waals surface area contributed by atoms with Gasteiger partial charge < -0.3 is 25.0 Å². The zero-order valence-corrected chi connectivity index (χ0v) is 7.91. The van der Waals surface area contributed by atoms with E-state index < -0.39 is 17.0 Å². The molecule has 0 aromatic rings. The van der Waals surface area contributed by atoms with Crippen molar-refractivity contribution >= 4 is 11.9 Å². The van der Waals surface area contributed by atoms with E-state index in [4.69, 9.17) is 35.1 Å². The third-order valence-corrected chi connectivity index (χ3v) is 0.167. The zero-order valence-electron chi connectivity index (χ0n) is 4.95. The molecule has 0 spiro atoms. The SMILES string of the molecule is O=C([O-])C(=O)[O-].O=[N+]([O-])O.[Ag+].[Ag+]. The topological polar surface area (TPSA) is 144 Å². The van der Waals surface area contributed by atoms with Gasteiger partial charge in [0.2, 0.25) is 0 Å². The first-order valence-electron chi connectivity index (χ1n) is 1.63. The van der Waals surface area contributed by atoms with Gasteiger partial charge in [-0.15, -0.1) is 10.1 Å². The van der Waals surface area contributed by atoms with E-state index >= 15 is 0 Å². The number of carboxylic acid groups (broad SMARTS) is 2. The summed E-state index contributed by atoms with van der Waals surface area (Å²) in [6, 6.07) is 0. The maximum Gasteiger partial charge on any atom is 1.00 e. The molecule has 0 aromatic carbocycles. The number of carboxylic acids is 2. The van der Waals surface area contributed by atoms with Crippen LogP contribution in [0.4, 0.5) is 0 Å². The van der Waals surface area contributed by atoms with Gasteiger partial charge in [-0.3, -0.25) is 0 Å². The summed E-state index contributed by atoms with van der Waals surface area (Å²) in [6.45, 7) is 0. The molecule has 0 heterocycles. The summed E-state index contributed by atoms with van der Waals surface area (Å²) in [5.74, 6) is -4.37. The van der Waals surface area contributed by atoms with Gasteiger partial charge in [0.1, 0.15) is 0 Å². The largest absolute Gasteiger partial charge is 1.00 e. The standard InChI is InChI=1S/C2H2O4.2Ag.HNO3/c3-1(4)2(5)6;;;2-1(3)4/h(H,3,4)(H,5,6);;;(H,2,3,4)/q;2*+1;/p-2. The second-order valence-corrected chi connectivity index (χ2v) is 0.813. The van der Waals surface area contributed by atoms with E-state index in [9.17, 15) is 0 Å². The van der Waals surface area contributed by atoms with Crippen molar-refractivity contribution in [3.8, 4) is 0 Å². The van der Waals surface area contributed by atoms with Gasteiger partial charge in [-0.25, -0.2) is 0 Å². The molecule has 0 aliphatic rings. The Balaban J connectivity index is -0.0000000483. The summed E-state index contributed by atoms with van der Waals surface area (Å²) in [6.07, 6.45) is 0. The van der Waals surface area contributed by atoms with Crippen molar-refractivity contribution in [2.75, 3.05) is 0 Å². The van der Waals surface area contributed by atoms with Gasteiger partial charge in [0.15, 0.2) is 0 Å². The van der Waals surface area contributed by atoms with Crippen LogP contribution in [0.25, 0.3) is 0 Å². The van der Waals surface area contributed by atoms with Gasteiger partial charge >= 0.3 is 44.8 Å². The summed E-state index contributed by atoms with van der Waals surface area (Å²) >= 11 is 0. The molecular weight excluding hydrogens is 366 g/mol. The van der Waals surface area contributed by atoms with E-state index in [1.807, 2.05) is 0 Å². The van der Waals surface area contributed by atoms with E-state index in [-0.39, 0.29) is 44.8 Å². The van der Waals surface area contributed by atoms with Crippen LogP contribution in [0, 0.1) is 10.1 Å². The fourth-order valence-electron chi connectivity index (χ4n) is 0. The van der Waals surface area contributed by atoms with Gasteiger partial charge in [-0.2, -0.15) is 0 Å². The predicted molar refractivity (Wildman–Crippen MR) is 18.8 cm³/mol. The molecule has 0 aliphatic heterocycles. The molecule has 0 amide bonds. The number of hydrogen-bond acceptors (Lipinski definition) is 6. The third-order valence-electron chi connectivity index (χ3n) is 0.167. The van der Waals surface area contributed by atoms with E-state index in [2.05, 4.69) is 0 Å². The molecule has 0 aromatic heterocycles. The molecule has 12 heavy (non-hydrogen) atoms. The maximum atomic E-state index is 8.93. The minimum absolute atomic E-state index is 0. The van der Waals surface area contributed by atoms with Crippen LogP contribution in [0.1, 0.15) is 0 Å². The quantitative estimate of drug-likeness (QED) is 0.200. The molecule has 8 nitrogen and oxygen atoms in total. The normalized spacial score (nSPS) is 5.67. The number of nitrogens with zero attached hydrogens (tertiary/aromatic N) is 1. The Morgan fingerprint density at radius 2 is 1.17 bits per heavy atom. The minimum Gasteiger partial charge on any atom is -0.543 e. The van der Waals surface area contributed by atoms with Gasteiger partial charge in [-0.05, 0) is 0 Å². The molecule has 78 valence electrons. The van der Waals surface area contributed by atoms with Gasteiger partial charge in [0, 0.05) is 0 Å². The van der Waals surface area contributed by atoms with Gasteiger partial charge in [0.05, 0.1) is 11.9 Å². The van der Waals surface area contributed by atoms with Crippen LogP contribution in [0.3, 0.4) is 0 Å². The summed E-state index contributed by atoms with van der Waals surface area (Å²) in [5.41, 5.74) is 0. The van der Waals surface area contributed by atoms with Crippen molar-refractivity contribution in [1.82, 2.24) is 0 Å². The smallest absolute Gasteiger partial charge is 0.543 e. The Hall–Kier alpha value is -0.379. The van der Waals surface area contributed by atoms with E-state index in [0.29, 0.717) is 0 Å². The average Bonchev–Trinajstić information content (AvgIpc) is 1.63. The average molecular weight is 367 g/mol. The molecule has 0 unspecified atom stereocenters. The Bertz CT molecular complexity index is 141. The second-order valence-electron chi connectivity index (χ2n) is 0.813. The summed E-state index contributed by atoms with van der Waals surface area (Å²) in [4.78, 5) is 26.2. The minimum atomic E-state index is -2.19. The Kier molecular flexibility index (Phi) is 24.9. The molecule has 10 heteroatoms. The first-order valence-corrected chi connectivity index (χ1v) is 1.63. The molecular formula is C2HAg2NO7. The molecule has 1 N–H and O–H groups in total. The van der Waals surface area contributed by atoms with E-state index in [1.54, 1.807) is 0 Å². The Morgan fingerprint density at radius 3 is 1.17 bits per heavy atom. The number of carbonyl (C=O) groups excluding carboxylic acids is 2. The summed E-state index contributed by atoms with van der Waals surface area (Å²) < 4.78 is 0. The number of carbonyl (C=O) groups is 2. The van der Waals surface area contributed by atoms with Crippen molar-refractivity contribution in [3.63, 3.8) is 0 Å². The first-order chi connectivity index (χ1) is 4.37. The fourth-order valence-corrected chi connectivity index (χ4v) is 0. The molecule has 0 fully saturated rings. The van der Waals surface area contributed by atoms with Crippen LogP contribution in [0.2, 0.25) is 0 Å². The van der Waals surface area contributed by atoms with Crippen molar-refractivity contribution in [2.45, 2.75) is 0 Å². The Morgan fingerprint density at radius 1 is 1.08 bits per heavy atom. The van der Waals surface area contributed by atoms with Crippen molar-refractivity contribution < 1.29 is 74.9 Å². The second kappa shape index (κ2) is 13.2. The third kappa shape index (κ3) is 54.5. The van der Waals surface area contributed by atoms with E-state index in [1.165, 1.54) is 0 Å². The summed E-state index contributed by atoms with van der Waals surface area (Å²) in [5, 5.41) is 31.5. The molecule has 0 atom stereocenters. The molecule has 0 rings (SSSR count). The van der Waals surface area contributed by atoms with Crippen molar-refractivity contribution in [1.29, 1.82) is 0 Å². The fraction of sp³-hybridized carbons (Fsp3) is 0. The van der Waals surface area contributed by atoms with Crippen LogP contribution < -0.4 is 10.2 Å². The van der Waals surface area contributed by atoms with Crippen LogP contribution >= 0.6 is 0 Å². The molecule has 0 radical (unpaired) electrons. The molecule has 0 aliphatic carbocycles. The predicted octanol–water partition coefficient (Wildman–Crippen LogP) is -3.87. The monoisotopic (exact) mass is 365 g/mol. The maximum absolute atomic E-state index is 8.93. The number of hydrogen-bond donors (Lipinski definition) is 1. The molecule has 0 saturated carbocycles.